The van der Waals surface area contributed by atoms with Crippen LogP contribution in [0.3, 0.4) is 0 Å². The third kappa shape index (κ3) is 6.70. The Balaban J connectivity index is 0.000000327. The molecule has 1 heterocycles. The summed E-state index contributed by atoms with van der Waals surface area (Å²) in [6.45, 7) is 0. The smallest absolute Gasteiger partial charge is 0.768 e. The average molecular weight is 480 g/mol. The third-order valence-electron chi connectivity index (χ3n) is 3.32. The van der Waals surface area contributed by atoms with Crippen molar-refractivity contribution in [2.24, 2.45) is 0 Å². The predicted octanol–water partition coefficient (Wildman–Crippen LogP) is 0.962. The van der Waals surface area contributed by atoms with Crippen LogP contribution in [0.25, 0.3) is 0 Å². The molecule has 3 rings (SSSR count). The van der Waals surface area contributed by atoms with E-state index in [-0.39, 0.29) is 60.0 Å². The number of aromatic nitrogens is 1. The Morgan fingerprint density at radius 3 is 2.03 bits per heavy atom. The number of carbonyl (C=O) groups excluding carboxylic acids is 1. The van der Waals surface area contributed by atoms with Crippen LogP contribution in [0.1, 0.15) is 10.4 Å². The van der Waals surface area contributed by atoms with E-state index < -0.39 is 20.9 Å². The molecule has 146 valence electrons. The van der Waals surface area contributed by atoms with Crippen molar-refractivity contribution in [1.82, 2.24) is 4.98 Å². The van der Waals surface area contributed by atoms with Gasteiger partial charge in [-0.25, -0.2) is 13.4 Å². The van der Waals surface area contributed by atoms with E-state index in [0.29, 0.717) is 6.29 Å². The van der Waals surface area contributed by atoms with Crippen LogP contribution >= 0.6 is 23.2 Å². The number of halogens is 2. The van der Waals surface area contributed by atoms with E-state index in [9.17, 15) is 22.0 Å². The predicted molar refractivity (Wildman–Crippen MR) is 105 cm³/mol. The van der Waals surface area contributed by atoms with Gasteiger partial charge in [0.1, 0.15) is 0 Å². The molecule has 6 nitrogen and oxygen atoms in total. The third-order valence-corrected chi connectivity index (χ3v) is 6.71. The summed E-state index contributed by atoms with van der Waals surface area (Å²) < 4.78 is 45.3. The Labute approximate surface area is 202 Å². The quantitative estimate of drug-likeness (QED) is 0.313. The molecular weight excluding hydrogens is 468 g/mol. The van der Waals surface area contributed by atoms with Crippen LogP contribution < -0.4 is 29.6 Å². The number of sulfone groups is 1. The zero-order chi connectivity index (χ0) is 20.7. The zero-order valence-corrected chi connectivity index (χ0v) is 20.1. The molecular formula is C18H12Cl2NNaO5S2. The van der Waals surface area contributed by atoms with E-state index in [0.717, 1.165) is 0 Å². The molecule has 0 aliphatic carbocycles. The monoisotopic (exact) mass is 479 g/mol. The number of hydrogen-bond acceptors (Lipinski definition) is 6. The SMILES string of the molecule is O=Cc1cccnc1S(=O)(=O)c1ccccc1Cl.O=S([O-])c1ccccc1Cl.[Na+]. The van der Waals surface area contributed by atoms with E-state index >= 15 is 0 Å². The Morgan fingerprint density at radius 1 is 0.931 bits per heavy atom. The number of hydrogen-bond donors (Lipinski definition) is 0. The van der Waals surface area contributed by atoms with Gasteiger partial charge in [-0.05, 0) is 47.5 Å². The van der Waals surface area contributed by atoms with Crippen molar-refractivity contribution >= 4 is 50.4 Å². The minimum atomic E-state index is -3.89. The summed E-state index contributed by atoms with van der Waals surface area (Å²) in [5, 5.41) is 0.0731. The molecule has 11 heteroatoms. The van der Waals surface area contributed by atoms with Crippen molar-refractivity contribution in [2.75, 3.05) is 0 Å². The van der Waals surface area contributed by atoms with Crippen LogP contribution in [0.4, 0.5) is 0 Å². The second-order valence-corrected chi connectivity index (χ2v) is 8.67. The van der Waals surface area contributed by atoms with Gasteiger partial charge in [-0.2, -0.15) is 0 Å². The van der Waals surface area contributed by atoms with Gasteiger partial charge in [-0.15, -0.1) is 0 Å². The molecule has 3 aromatic rings. The second kappa shape index (κ2) is 11.9. The molecule has 29 heavy (non-hydrogen) atoms. The van der Waals surface area contributed by atoms with Gasteiger partial charge in [-0.3, -0.25) is 9.00 Å². The van der Waals surface area contributed by atoms with Gasteiger partial charge in [0.25, 0.3) is 0 Å². The minimum Gasteiger partial charge on any atom is -0.768 e. The standard InChI is InChI=1S/C12H8ClNO3S.C6H5ClO2S.Na/c13-10-5-1-2-6-11(10)18(16,17)12-9(8-15)4-3-7-14-12;7-5-3-1-2-4-6(5)10(8)9;/h1-8H;1-4H,(H,8,9);/q;;+1/p-1. The van der Waals surface area contributed by atoms with Gasteiger partial charge in [-0.1, -0.05) is 47.5 Å². The first-order valence-electron chi connectivity index (χ1n) is 7.52. The summed E-state index contributed by atoms with van der Waals surface area (Å²) in [4.78, 5) is 14.7. The summed E-state index contributed by atoms with van der Waals surface area (Å²) in [7, 11) is -3.89. The first-order valence-corrected chi connectivity index (χ1v) is 10.8. The molecule has 0 N–H and O–H groups in total. The molecule has 0 bridgehead atoms. The van der Waals surface area contributed by atoms with Gasteiger partial charge in [0.2, 0.25) is 9.84 Å². The van der Waals surface area contributed by atoms with Crippen LogP contribution in [0.2, 0.25) is 10.0 Å². The molecule has 0 aliphatic rings. The van der Waals surface area contributed by atoms with Crippen molar-refractivity contribution < 1.29 is 51.5 Å². The van der Waals surface area contributed by atoms with E-state index in [1.165, 1.54) is 42.6 Å². The Morgan fingerprint density at radius 2 is 1.52 bits per heavy atom. The number of pyridine rings is 1. The molecule has 2 aromatic carbocycles. The molecule has 0 spiro atoms. The van der Waals surface area contributed by atoms with Crippen LogP contribution in [0, 0.1) is 0 Å². The summed E-state index contributed by atoms with van der Waals surface area (Å²) in [6.07, 6.45) is 1.77. The van der Waals surface area contributed by atoms with E-state index in [2.05, 4.69) is 4.98 Å². The first kappa shape index (κ1) is 25.9. The number of carbonyl (C=O) groups is 1. The number of nitrogens with zero attached hydrogens (tertiary/aromatic N) is 1. The molecule has 1 atom stereocenters. The molecule has 0 saturated carbocycles. The van der Waals surface area contributed by atoms with E-state index in [4.69, 9.17) is 23.2 Å². The normalized spacial score (nSPS) is 11.4. The van der Waals surface area contributed by atoms with Crippen molar-refractivity contribution in [2.45, 2.75) is 14.8 Å². The maximum absolute atomic E-state index is 12.3. The van der Waals surface area contributed by atoms with Crippen molar-refractivity contribution in [1.29, 1.82) is 0 Å². The largest absolute Gasteiger partial charge is 1.00 e. The molecule has 0 amide bonds. The molecule has 1 unspecified atom stereocenters. The fraction of sp³-hybridized carbons (Fsp3) is 0. The van der Waals surface area contributed by atoms with Crippen molar-refractivity contribution in [3.05, 3.63) is 82.5 Å². The fourth-order valence-corrected chi connectivity index (χ4v) is 4.66. The summed E-state index contributed by atoms with van der Waals surface area (Å²) in [5.41, 5.74) is 0.0115. The minimum absolute atomic E-state index is 0. The molecule has 0 radical (unpaired) electrons. The number of benzene rings is 2. The Bertz CT molecular complexity index is 1130. The molecule has 0 aliphatic heterocycles. The van der Waals surface area contributed by atoms with E-state index in [1.54, 1.807) is 24.3 Å². The van der Waals surface area contributed by atoms with Crippen LogP contribution in [0.5, 0.6) is 0 Å². The summed E-state index contributed by atoms with van der Waals surface area (Å²) in [6, 6.07) is 15.2. The van der Waals surface area contributed by atoms with Gasteiger partial charge in [0.15, 0.2) is 11.3 Å². The van der Waals surface area contributed by atoms with Crippen LogP contribution in [-0.2, 0) is 20.9 Å². The molecule has 1 aromatic heterocycles. The first-order chi connectivity index (χ1) is 13.3. The van der Waals surface area contributed by atoms with Gasteiger partial charge >= 0.3 is 29.6 Å². The maximum Gasteiger partial charge on any atom is 1.00 e. The van der Waals surface area contributed by atoms with E-state index in [1.807, 2.05) is 0 Å². The van der Waals surface area contributed by atoms with Crippen molar-refractivity contribution in [3.63, 3.8) is 0 Å². The molecule has 0 saturated heterocycles. The average Bonchev–Trinajstić information content (AvgIpc) is 2.68. The Kier molecular flexibility index (Phi) is 10.7. The zero-order valence-electron chi connectivity index (χ0n) is 15.0. The van der Waals surface area contributed by atoms with Crippen LogP contribution in [-0.4, -0.2) is 28.4 Å². The van der Waals surface area contributed by atoms with Gasteiger partial charge in [0.05, 0.1) is 20.5 Å². The number of rotatable bonds is 4. The maximum atomic E-state index is 12.3. The van der Waals surface area contributed by atoms with Crippen LogP contribution in [0.15, 0.2) is 81.7 Å². The van der Waals surface area contributed by atoms with Crippen molar-refractivity contribution in [3.8, 4) is 0 Å². The second-order valence-electron chi connectivity index (χ2n) is 5.11. The summed E-state index contributed by atoms with van der Waals surface area (Å²) >= 11 is 9.16. The van der Waals surface area contributed by atoms with Gasteiger partial charge < -0.3 is 4.55 Å². The summed E-state index contributed by atoms with van der Waals surface area (Å²) in [5.74, 6) is 0. The fourth-order valence-electron chi connectivity index (χ4n) is 2.06. The van der Waals surface area contributed by atoms with Gasteiger partial charge in [0, 0.05) is 11.1 Å². The topological polar surface area (TPSA) is 104 Å². The Hall–Kier alpha value is -1.10. The number of aldehydes is 1. The molecule has 0 fully saturated rings.